The van der Waals surface area contributed by atoms with Crippen LogP contribution in [0.4, 0.5) is 0 Å². The highest BCUT2D eigenvalue weighted by atomic mass is 16.8. The van der Waals surface area contributed by atoms with E-state index >= 15 is 0 Å². The molecule has 0 aromatic carbocycles. The highest BCUT2D eigenvalue weighted by Crippen LogP contribution is 2.40. The molecule has 2 aliphatic rings. The Labute approximate surface area is 257 Å². The second-order valence-electron chi connectivity index (χ2n) is 13.4. The smallest absolute Gasteiger partial charge is 0.169 e. The third-order valence-electron chi connectivity index (χ3n) is 9.27. The van der Waals surface area contributed by atoms with Gasteiger partial charge < -0.3 is 14.4 Å². The van der Waals surface area contributed by atoms with Crippen molar-refractivity contribution >= 4 is 0 Å². The molecule has 2 atom stereocenters. The molecule has 0 aromatic rings. The summed E-state index contributed by atoms with van der Waals surface area (Å²) in [5.74, 6) is -0.291. The molecule has 0 spiro atoms. The monoisotopic (exact) mass is 574 g/mol. The Morgan fingerprint density at radius 2 is 0.805 bits per heavy atom. The first-order valence-electron chi connectivity index (χ1n) is 18.5. The number of hydrogen-bond acceptors (Lipinski definition) is 3. The van der Waals surface area contributed by atoms with Crippen LogP contribution in [0.15, 0.2) is 24.3 Å². The Morgan fingerprint density at radius 1 is 0.488 bits per heavy atom. The predicted octanol–water partition coefficient (Wildman–Crippen LogP) is 11.7. The van der Waals surface area contributed by atoms with Gasteiger partial charge in [0.25, 0.3) is 0 Å². The lowest BCUT2D eigenvalue weighted by molar-refractivity contribution is -0.193. The van der Waals surface area contributed by atoms with Crippen LogP contribution in [0, 0.1) is 0 Å². The van der Waals surface area contributed by atoms with Crippen LogP contribution in [-0.4, -0.2) is 43.0 Å². The van der Waals surface area contributed by atoms with E-state index in [1.165, 1.54) is 154 Å². The average molecular weight is 574 g/mol. The minimum atomic E-state index is -0.291. The fourth-order valence-electron chi connectivity index (χ4n) is 6.67. The van der Waals surface area contributed by atoms with Gasteiger partial charge in [-0.2, -0.15) is 0 Å². The Kier molecular flexibility index (Phi) is 22.1. The van der Waals surface area contributed by atoms with Crippen molar-refractivity contribution in [2.24, 2.45) is 0 Å². The van der Waals surface area contributed by atoms with Gasteiger partial charge in [-0.1, -0.05) is 128 Å². The SMILES string of the molecule is CCCCCC/C=C\CCCCCCCCC1(CCCCCCCC/C=C\CCCCCC)OC2CN(C)C[C@@H]2O1. The van der Waals surface area contributed by atoms with E-state index < -0.39 is 0 Å². The lowest BCUT2D eigenvalue weighted by atomic mass is 9.98. The minimum Gasteiger partial charge on any atom is -0.343 e. The molecule has 2 aliphatic heterocycles. The van der Waals surface area contributed by atoms with Gasteiger partial charge in [0.1, 0.15) is 12.2 Å². The van der Waals surface area contributed by atoms with Crippen molar-refractivity contribution in [2.75, 3.05) is 20.1 Å². The molecule has 1 unspecified atom stereocenters. The standard InChI is InChI=1S/C38H71NO2/c1-4-6-8-10-12-14-16-18-20-22-24-26-28-30-32-38(40-36-34-39(3)35-37(36)41-38)33-31-29-27-25-23-21-19-17-15-13-11-9-7-5-2/h14-17,36-37H,4-13,18-35H2,1-3H3/b16-14-,17-15-/t36-,37?/m0/s1. The van der Waals surface area contributed by atoms with Gasteiger partial charge >= 0.3 is 0 Å². The van der Waals surface area contributed by atoms with Crippen molar-refractivity contribution in [3.63, 3.8) is 0 Å². The third kappa shape index (κ3) is 17.9. The zero-order valence-electron chi connectivity index (χ0n) is 28.0. The van der Waals surface area contributed by atoms with E-state index in [1.807, 2.05) is 0 Å². The number of rotatable bonds is 28. The van der Waals surface area contributed by atoms with Crippen LogP contribution in [0.1, 0.15) is 181 Å². The van der Waals surface area contributed by atoms with Gasteiger partial charge in [0.05, 0.1) is 0 Å². The van der Waals surface area contributed by atoms with Crippen molar-refractivity contribution < 1.29 is 9.47 Å². The largest absolute Gasteiger partial charge is 0.343 e. The maximum atomic E-state index is 6.69. The first kappa shape index (κ1) is 36.6. The van der Waals surface area contributed by atoms with Crippen LogP contribution < -0.4 is 0 Å². The molecule has 0 aromatic heterocycles. The van der Waals surface area contributed by atoms with Gasteiger partial charge in [0.2, 0.25) is 0 Å². The van der Waals surface area contributed by atoms with E-state index in [0.29, 0.717) is 12.2 Å². The highest BCUT2D eigenvalue weighted by molar-refractivity contribution is 4.93. The molecule has 2 heterocycles. The number of ether oxygens (including phenoxy) is 2. The van der Waals surface area contributed by atoms with E-state index in [-0.39, 0.29) is 5.79 Å². The van der Waals surface area contributed by atoms with Gasteiger partial charge in [-0.05, 0) is 71.3 Å². The molecule has 2 saturated heterocycles. The fourth-order valence-corrected chi connectivity index (χ4v) is 6.67. The number of likely N-dealkylation sites (tertiary alicyclic amines) is 1. The number of hydrogen-bond donors (Lipinski definition) is 0. The molecular formula is C38H71NO2. The van der Waals surface area contributed by atoms with E-state index in [4.69, 9.17) is 9.47 Å². The fraction of sp³-hybridized carbons (Fsp3) is 0.895. The summed E-state index contributed by atoms with van der Waals surface area (Å²) < 4.78 is 13.4. The van der Waals surface area contributed by atoms with Crippen molar-refractivity contribution in [3.05, 3.63) is 24.3 Å². The molecule has 0 saturated carbocycles. The molecule has 240 valence electrons. The van der Waals surface area contributed by atoms with E-state index in [1.54, 1.807) is 0 Å². The van der Waals surface area contributed by atoms with E-state index in [0.717, 1.165) is 25.9 Å². The number of allylic oxidation sites excluding steroid dienone is 4. The summed E-state index contributed by atoms with van der Waals surface area (Å²) in [6.45, 7) is 6.64. The molecule has 0 aliphatic carbocycles. The maximum absolute atomic E-state index is 6.69. The minimum absolute atomic E-state index is 0.291. The Bertz CT molecular complexity index is 590. The molecule has 0 radical (unpaired) electrons. The summed E-state index contributed by atoms with van der Waals surface area (Å²) in [6, 6.07) is 0. The molecule has 2 rings (SSSR count). The molecule has 0 N–H and O–H groups in total. The molecule has 0 bridgehead atoms. The van der Waals surface area contributed by atoms with Gasteiger partial charge in [-0.3, -0.25) is 0 Å². The summed E-state index contributed by atoms with van der Waals surface area (Å²) in [5, 5.41) is 0. The van der Waals surface area contributed by atoms with Gasteiger partial charge in [-0.15, -0.1) is 0 Å². The average Bonchev–Trinajstić information content (AvgIpc) is 3.47. The van der Waals surface area contributed by atoms with Crippen LogP contribution in [0.25, 0.3) is 0 Å². The second-order valence-corrected chi connectivity index (χ2v) is 13.4. The summed E-state index contributed by atoms with van der Waals surface area (Å²) in [6.07, 6.45) is 44.6. The van der Waals surface area contributed by atoms with Crippen LogP contribution in [0.2, 0.25) is 0 Å². The molecule has 41 heavy (non-hydrogen) atoms. The van der Waals surface area contributed by atoms with Gasteiger partial charge in [0, 0.05) is 25.9 Å². The first-order valence-corrected chi connectivity index (χ1v) is 18.5. The predicted molar refractivity (Wildman–Crippen MR) is 180 cm³/mol. The Morgan fingerprint density at radius 3 is 1.17 bits per heavy atom. The van der Waals surface area contributed by atoms with Crippen LogP contribution >= 0.6 is 0 Å². The second kappa shape index (κ2) is 24.8. The van der Waals surface area contributed by atoms with E-state index in [9.17, 15) is 0 Å². The number of nitrogens with zero attached hydrogens (tertiary/aromatic N) is 1. The highest BCUT2D eigenvalue weighted by Gasteiger charge is 2.49. The molecule has 3 heteroatoms. The first-order chi connectivity index (χ1) is 20.2. The lowest BCUT2D eigenvalue weighted by Crippen LogP contribution is -2.34. The number of unbranched alkanes of at least 4 members (excludes halogenated alkanes) is 20. The number of fused-ring (bicyclic) bond motifs is 1. The number of likely N-dealkylation sites (N-methyl/N-ethyl adjacent to an activating group) is 1. The summed E-state index contributed by atoms with van der Waals surface area (Å²) in [4.78, 5) is 2.36. The van der Waals surface area contributed by atoms with Gasteiger partial charge in [-0.25, -0.2) is 0 Å². The zero-order valence-corrected chi connectivity index (χ0v) is 28.0. The van der Waals surface area contributed by atoms with Crippen molar-refractivity contribution in [3.8, 4) is 0 Å². The quantitative estimate of drug-likeness (QED) is 0.0686. The van der Waals surface area contributed by atoms with Gasteiger partial charge in [0.15, 0.2) is 5.79 Å². The van der Waals surface area contributed by atoms with Crippen LogP contribution in [0.3, 0.4) is 0 Å². The lowest BCUT2D eigenvalue weighted by Gasteiger charge is -2.30. The molecular weight excluding hydrogens is 502 g/mol. The summed E-state index contributed by atoms with van der Waals surface area (Å²) in [5.41, 5.74) is 0. The van der Waals surface area contributed by atoms with E-state index in [2.05, 4.69) is 50.1 Å². The van der Waals surface area contributed by atoms with Crippen LogP contribution in [0.5, 0.6) is 0 Å². The Balaban J connectivity index is 1.51. The molecule has 0 amide bonds. The molecule has 2 fully saturated rings. The van der Waals surface area contributed by atoms with Crippen molar-refractivity contribution in [2.45, 2.75) is 199 Å². The topological polar surface area (TPSA) is 21.7 Å². The summed E-state index contributed by atoms with van der Waals surface area (Å²) >= 11 is 0. The summed E-state index contributed by atoms with van der Waals surface area (Å²) in [7, 11) is 2.19. The normalized spacial score (nSPS) is 20.7. The van der Waals surface area contributed by atoms with Crippen molar-refractivity contribution in [1.29, 1.82) is 0 Å². The molecule has 3 nitrogen and oxygen atoms in total. The van der Waals surface area contributed by atoms with Crippen LogP contribution in [-0.2, 0) is 9.47 Å². The maximum Gasteiger partial charge on any atom is 0.169 e. The Hall–Kier alpha value is -0.640. The zero-order chi connectivity index (χ0) is 29.3. The van der Waals surface area contributed by atoms with Crippen molar-refractivity contribution in [1.82, 2.24) is 4.90 Å². The third-order valence-corrected chi connectivity index (χ3v) is 9.27.